The summed E-state index contributed by atoms with van der Waals surface area (Å²) in [5.74, 6) is 1.65. The minimum Gasteiger partial charge on any atom is -0.497 e. The molecule has 0 radical (unpaired) electrons. The van der Waals surface area contributed by atoms with Crippen LogP contribution in [0.4, 0.5) is 5.95 Å². The molecule has 1 saturated heterocycles. The van der Waals surface area contributed by atoms with E-state index in [1.807, 2.05) is 35.5 Å². The van der Waals surface area contributed by atoms with Gasteiger partial charge in [0.15, 0.2) is 0 Å². The Kier molecular flexibility index (Phi) is 5.02. The maximum absolute atomic E-state index is 12.8. The number of carbonyl (C=O) groups excluding carboxylic acids is 1. The highest BCUT2D eigenvalue weighted by Gasteiger charge is 2.24. The van der Waals surface area contributed by atoms with Gasteiger partial charge in [-0.15, -0.1) is 0 Å². The highest BCUT2D eigenvalue weighted by molar-refractivity contribution is 5.94. The lowest BCUT2D eigenvalue weighted by molar-refractivity contribution is 0.0746. The monoisotopic (exact) mass is 376 g/mol. The number of hydrogen-bond donors (Lipinski definition) is 0. The number of aromatic nitrogens is 2. The van der Waals surface area contributed by atoms with Crippen LogP contribution in [0.15, 0.2) is 60.9 Å². The molecule has 1 fully saturated rings. The van der Waals surface area contributed by atoms with Crippen LogP contribution < -0.4 is 9.64 Å². The molecule has 0 atom stereocenters. The second-order valence-corrected chi connectivity index (χ2v) is 6.94. The summed E-state index contributed by atoms with van der Waals surface area (Å²) >= 11 is 0. The fourth-order valence-electron chi connectivity index (χ4n) is 3.48. The number of ether oxygens (including phenoxy) is 1. The average molecular weight is 376 g/mol. The van der Waals surface area contributed by atoms with E-state index in [4.69, 9.17) is 4.74 Å². The van der Waals surface area contributed by atoms with Crippen molar-refractivity contribution in [2.24, 2.45) is 0 Å². The number of piperazine rings is 1. The molecular weight excluding hydrogens is 352 g/mol. The Morgan fingerprint density at radius 2 is 1.79 bits per heavy atom. The molecule has 0 spiro atoms. The third kappa shape index (κ3) is 3.58. The highest BCUT2D eigenvalue weighted by atomic mass is 16.5. The van der Waals surface area contributed by atoms with Crippen LogP contribution in [0, 0.1) is 6.92 Å². The Balaban J connectivity index is 1.45. The summed E-state index contributed by atoms with van der Waals surface area (Å²) in [4.78, 5) is 21.5. The number of carbonyl (C=O) groups is 1. The second-order valence-electron chi connectivity index (χ2n) is 6.94. The molecule has 0 N–H and O–H groups in total. The van der Waals surface area contributed by atoms with Crippen LogP contribution >= 0.6 is 0 Å². The van der Waals surface area contributed by atoms with Crippen LogP contribution in [0.2, 0.25) is 0 Å². The summed E-state index contributed by atoms with van der Waals surface area (Å²) in [5.41, 5.74) is 2.98. The predicted molar refractivity (Wildman–Crippen MR) is 109 cm³/mol. The number of rotatable bonds is 4. The molecule has 0 bridgehead atoms. The van der Waals surface area contributed by atoms with Crippen molar-refractivity contribution < 1.29 is 9.53 Å². The zero-order valence-corrected chi connectivity index (χ0v) is 16.2. The topological polar surface area (TPSA) is 50.6 Å². The van der Waals surface area contributed by atoms with E-state index in [9.17, 15) is 4.79 Å². The lowest BCUT2D eigenvalue weighted by Gasteiger charge is -2.35. The number of anilines is 1. The maximum Gasteiger partial charge on any atom is 0.254 e. The van der Waals surface area contributed by atoms with Gasteiger partial charge in [-0.2, -0.15) is 0 Å². The number of amides is 1. The van der Waals surface area contributed by atoms with Crippen LogP contribution in [-0.4, -0.2) is 53.6 Å². The molecule has 0 unspecified atom stereocenters. The Bertz CT molecular complexity index is 957. The molecule has 2 aromatic carbocycles. The number of benzene rings is 2. The smallest absolute Gasteiger partial charge is 0.254 e. The first-order chi connectivity index (χ1) is 13.7. The van der Waals surface area contributed by atoms with E-state index in [1.54, 1.807) is 13.2 Å². The maximum atomic E-state index is 12.8. The number of methoxy groups -OCH3 is 1. The van der Waals surface area contributed by atoms with Gasteiger partial charge in [-0.3, -0.25) is 9.36 Å². The largest absolute Gasteiger partial charge is 0.497 e. The first-order valence-corrected chi connectivity index (χ1v) is 9.44. The molecule has 144 valence electrons. The lowest BCUT2D eigenvalue weighted by Crippen LogP contribution is -2.49. The van der Waals surface area contributed by atoms with Crippen molar-refractivity contribution >= 4 is 11.9 Å². The molecule has 4 rings (SSSR count). The molecular formula is C22H24N4O2. The van der Waals surface area contributed by atoms with Crippen molar-refractivity contribution in [3.05, 3.63) is 72.1 Å². The standard InChI is InChI=1S/C22H24N4O2/c1-17-6-8-19(9-7-17)26-11-10-23-22(26)25-14-12-24(13-15-25)21(27)18-4-3-5-20(16-18)28-2/h3-11,16H,12-15H2,1-2H3. The minimum atomic E-state index is 0.0421. The van der Waals surface area contributed by atoms with Crippen molar-refractivity contribution in [2.75, 3.05) is 38.2 Å². The van der Waals surface area contributed by atoms with E-state index in [0.717, 1.165) is 24.7 Å². The van der Waals surface area contributed by atoms with Gasteiger partial charge in [-0.25, -0.2) is 4.98 Å². The van der Waals surface area contributed by atoms with Crippen molar-refractivity contribution in [3.63, 3.8) is 0 Å². The summed E-state index contributed by atoms with van der Waals surface area (Å²) in [5, 5.41) is 0. The van der Waals surface area contributed by atoms with Crippen molar-refractivity contribution in [1.29, 1.82) is 0 Å². The molecule has 1 aliphatic rings. The van der Waals surface area contributed by atoms with E-state index < -0.39 is 0 Å². The van der Waals surface area contributed by atoms with Crippen LogP contribution in [0.1, 0.15) is 15.9 Å². The van der Waals surface area contributed by atoms with Crippen LogP contribution in [0.25, 0.3) is 5.69 Å². The zero-order valence-electron chi connectivity index (χ0n) is 16.2. The number of nitrogens with zero attached hydrogens (tertiary/aromatic N) is 4. The fourth-order valence-corrected chi connectivity index (χ4v) is 3.48. The molecule has 6 heteroatoms. The number of aryl methyl sites for hydroxylation is 1. The molecule has 1 aromatic heterocycles. The molecule has 0 saturated carbocycles. The molecule has 3 aromatic rings. The summed E-state index contributed by atoms with van der Waals surface area (Å²) < 4.78 is 7.33. The van der Waals surface area contributed by atoms with E-state index in [1.165, 1.54) is 5.56 Å². The molecule has 28 heavy (non-hydrogen) atoms. The Hall–Kier alpha value is -3.28. The number of hydrogen-bond acceptors (Lipinski definition) is 4. The van der Waals surface area contributed by atoms with Gasteiger partial charge in [0.05, 0.1) is 7.11 Å². The normalized spacial score (nSPS) is 14.2. The SMILES string of the molecule is COc1cccc(C(=O)N2CCN(c3nccn3-c3ccc(C)cc3)CC2)c1. The van der Waals surface area contributed by atoms with Gasteiger partial charge >= 0.3 is 0 Å². The van der Waals surface area contributed by atoms with Crippen LogP contribution in [-0.2, 0) is 0 Å². The average Bonchev–Trinajstić information content (AvgIpc) is 3.24. The summed E-state index contributed by atoms with van der Waals surface area (Å²) in [7, 11) is 1.61. The molecule has 1 aliphatic heterocycles. The van der Waals surface area contributed by atoms with Crippen molar-refractivity contribution in [2.45, 2.75) is 6.92 Å². The van der Waals surface area contributed by atoms with Gasteiger partial charge in [0.25, 0.3) is 5.91 Å². The summed E-state index contributed by atoms with van der Waals surface area (Å²) in [6.07, 6.45) is 3.80. The van der Waals surface area contributed by atoms with E-state index in [-0.39, 0.29) is 5.91 Å². The third-order valence-electron chi connectivity index (χ3n) is 5.10. The number of imidazole rings is 1. The van der Waals surface area contributed by atoms with Crippen LogP contribution in [0.3, 0.4) is 0 Å². The van der Waals surface area contributed by atoms with Crippen LogP contribution in [0.5, 0.6) is 5.75 Å². The minimum absolute atomic E-state index is 0.0421. The highest BCUT2D eigenvalue weighted by Crippen LogP contribution is 2.21. The van der Waals surface area contributed by atoms with Gasteiger partial charge in [0.2, 0.25) is 5.95 Å². The fraction of sp³-hybridized carbons (Fsp3) is 0.273. The molecule has 2 heterocycles. The van der Waals surface area contributed by atoms with Gasteiger partial charge < -0.3 is 14.5 Å². The first kappa shape index (κ1) is 18.1. The van der Waals surface area contributed by atoms with Gasteiger partial charge in [0.1, 0.15) is 5.75 Å². The van der Waals surface area contributed by atoms with Gasteiger partial charge in [-0.1, -0.05) is 23.8 Å². The van der Waals surface area contributed by atoms with Crippen molar-refractivity contribution in [3.8, 4) is 11.4 Å². The zero-order chi connectivity index (χ0) is 19.5. The third-order valence-corrected chi connectivity index (χ3v) is 5.10. The molecule has 6 nitrogen and oxygen atoms in total. The Morgan fingerprint density at radius 3 is 2.50 bits per heavy atom. The van der Waals surface area contributed by atoms with Gasteiger partial charge in [0, 0.05) is 49.8 Å². The molecule has 1 amide bonds. The van der Waals surface area contributed by atoms with Crippen molar-refractivity contribution in [1.82, 2.24) is 14.5 Å². The molecule has 0 aliphatic carbocycles. The summed E-state index contributed by atoms with van der Waals surface area (Å²) in [6.45, 7) is 4.90. The van der Waals surface area contributed by atoms with E-state index in [2.05, 4.69) is 45.6 Å². The van der Waals surface area contributed by atoms with Gasteiger partial charge in [-0.05, 0) is 37.3 Å². The first-order valence-electron chi connectivity index (χ1n) is 9.44. The quantitative estimate of drug-likeness (QED) is 0.702. The summed E-state index contributed by atoms with van der Waals surface area (Å²) in [6, 6.07) is 15.7. The lowest BCUT2D eigenvalue weighted by atomic mass is 10.1. The van der Waals surface area contributed by atoms with E-state index in [0.29, 0.717) is 24.4 Å². The Labute approximate surface area is 165 Å². The Morgan fingerprint density at radius 1 is 1.04 bits per heavy atom. The predicted octanol–water partition coefficient (Wildman–Crippen LogP) is 3.15. The second kappa shape index (κ2) is 7.76. The van der Waals surface area contributed by atoms with E-state index >= 15 is 0 Å².